The van der Waals surface area contributed by atoms with Gasteiger partial charge in [0.2, 0.25) is 0 Å². The second kappa shape index (κ2) is 3.72. The maximum Gasteiger partial charge on any atom is 0.0617 e. The molecule has 0 saturated heterocycles. The third-order valence-electron chi connectivity index (χ3n) is 1.67. The van der Waals surface area contributed by atoms with Crippen LogP contribution < -0.4 is 5.73 Å². The van der Waals surface area contributed by atoms with Gasteiger partial charge in [0.05, 0.1) is 15.7 Å². The highest BCUT2D eigenvalue weighted by atomic mass is 32.2. The van der Waals surface area contributed by atoms with Crippen LogP contribution in [0.2, 0.25) is 0 Å². The summed E-state index contributed by atoms with van der Waals surface area (Å²) in [6.45, 7) is 3.85. The van der Waals surface area contributed by atoms with E-state index in [1.54, 1.807) is 0 Å². The van der Waals surface area contributed by atoms with Crippen LogP contribution in [0.5, 0.6) is 0 Å². The van der Waals surface area contributed by atoms with Crippen molar-refractivity contribution < 1.29 is 4.21 Å². The summed E-state index contributed by atoms with van der Waals surface area (Å²) in [5.41, 5.74) is 7.44. The lowest BCUT2D eigenvalue weighted by atomic mass is 10.2. The normalized spacial score (nSPS) is 12.8. The second-order valence-corrected chi connectivity index (χ2v) is 4.38. The first kappa shape index (κ1) is 9.26. The standard InChI is InChI=1S/C9H13NOS/c1-3-12(11)9-5-4-7(2)6-8(9)10/h4-6H,3,10H2,1-2H3. The van der Waals surface area contributed by atoms with Gasteiger partial charge in [-0.05, 0) is 24.6 Å². The zero-order valence-corrected chi connectivity index (χ0v) is 8.15. The lowest BCUT2D eigenvalue weighted by molar-refractivity contribution is 0.684. The summed E-state index contributed by atoms with van der Waals surface area (Å²) in [5, 5.41) is 0. The van der Waals surface area contributed by atoms with Crippen LogP contribution >= 0.6 is 0 Å². The number of nitrogen functional groups attached to an aromatic ring is 1. The van der Waals surface area contributed by atoms with Crippen molar-refractivity contribution in [3.8, 4) is 0 Å². The summed E-state index contributed by atoms with van der Waals surface area (Å²) in [6, 6.07) is 5.62. The Morgan fingerprint density at radius 1 is 1.50 bits per heavy atom. The minimum Gasteiger partial charge on any atom is -0.398 e. The molecule has 0 aliphatic carbocycles. The highest BCUT2D eigenvalue weighted by Crippen LogP contribution is 2.17. The smallest absolute Gasteiger partial charge is 0.0617 e. The van der Waals surface area contributed by atoms with E-state index in [2.05, 4.69) is 0 Å². The Hall–Kier alpha value is -0.830. The molecule has 0 aromatic heterocycles. The summed E-state index contributed by atoms with van der Waals surface area (Å²) in [6.07, 6.45) is 0. The zero-order valence-electron chi connectivity index (χ0n) is 7.33. The number of aryl methyl sites for hydroxylation is 1. The van der Waals surface area contributed by atoms with Crippen molar-refractivity contribution >= 4 is 16.5 Å². The Kier molecular flexibility index (Phi) is 2.87. The number of anilines is 1. The van der Waals surface area contributed by atoms with Crippen molar-refractivity contribution in [1.29, 1.82) is 0 Å². The number of nitrogens with two attached hydrogens (primary N) is 1. The van der Waals surface area contributed by atoms with E-state index in [1.807, 2.05) is 32.0 Å². The molecule has 0 spiro atoms. The molecule has 0 aliphatic rings. The lowest BCUT2D eigenvalue weighted by Crippen LogP contribution is -1.99. The zero-order chi connectivity index (χ0) is 9.14. The van der Waals surface area contributed by atoms with Crippen molar-refractivity contribution in [2.24, 2.45) is 0 Å². The molecule has 1 rings (SSSR count). The van der Waals surface area contributed by atoms with E-state index in [4.69, 9.17) is 5.73 Å². The average Bonchev–Trinajstić information content (AvgIpc) is 2.03. The van der Waals surface area contributed by atoms with Crippen molar-refractivity contribution in [3.63, 3.8) is 0 Å². The Bertz CT molecular complexity index is 309. The second-order valence-electron chi connectivity index (χ2n) is 2.68. The molecule has 0 radical (unpaired) electrons. The van der Waals surface area contributed by atoms with Crippen molar-refractivity contribution in [3.05, 3.63) is 23.8 Å². The van der Waals surface area contributed by atoms with Gasteiger partial charge in [-0.25, -0.2) is 0 Å². The van der Waals surface area contributed by atoms with Crippen LogP contribution in [0.4, 0.5) is 5.69 Å². The predicted octanol–water partition coefficient (Wildman–Crippen LogP) is 1.70. The van der Waals surface area contributed by atoms with Crippen molar-refractivity contribution in [2.75, 3.05) is 11.5 Å². The van der Waals surface area contributed by atoms with Gasteiger partial charge in [0, 0.05) is 11.4 Å². The summed E-state index contributed by atoms with van der Waals surface area (Å²) < 4.78 is 11.4. The summed E-state index contributed by atoms with van der Waals surface area (Å²) in [4.78, 5) is 0.753. The minimum atomic E-state index is -0.935. The molecule has 0 saturated carbocycles. The molecule has 3 heteroatoms. The molecule has 0 aliphatic heterocycles. The molecular formula is C9H13NOS. The largest absolute Gasteiger partial charge is 0.398 e. The predicted molar refractivity (Wildman–Crippen MR) is 52.5 cm³/mol. The van der Waals surface area contributed by atoms with E-state index in [-0.39, 0.29) is 0 Å². The molecule has 1 unspecified atom stereocenters. The quantitative estimate of drug-likeness (QED) is 0.709. The molecule has 2 N–H and O–H groups in total. The molecule has 0 fully saturated rings. The van der Waals surface area contributed by atoms with Crippen molar-refractivity contribution in [1.82, 2.24) is 0 Å². The Morgan fingerprint density at radius 3 is 2.67 bits per heavy atom. The molecule has 0 heterocycles. The molecule has 1 aromatic carbocycles. The van der Waals surface area contributed by atoms with Gasteiger partial charge < -0.3 is 5.73 Å². The number of rotatable bonds is 2. The van der Waals surface area contributed by atoms with Gasteiger partial charge in [0.1, 0.15) is 0 Å². The van der Waals surface area contributed by atoms with Crippen LogP contribution in [0, 0.1) is 6.92 Å². The molecule has 1 atom stereocenters. The van der Waals surface area contributed by atoms with Gasteiger partial charge in [0.25, 0.3) is 0 Å². The topological polar surface area (TPSA) is 43.1 Å². The molecule has 1 aromatic rings. The number of benzene rings is 1. The Balaban J connectivity index is 3.09. The first-order valence-electron chi connectivity index (χ1n) is 3.89. The highest BCUT2D eigenvalue weighted by Gasteiger charge is 2.04. The van der Waals surface area contributed by atoms with Crippen LogP contribution in [-0.2, 0) is 10.8 Å². The fourth-order valence-corrected chi connectivity index (χ4v) is 1.88. The van der Waals surface area contributed by atoms with Gasteiger partial charge in [0.15, 0.2) is 0 Å². The monoisotopic (exact) mass is 183 g/mol. The Labute approximate surface area is 75.2 Å². The molecular weight excluding hydrogens is 170 g/mol. The first-order valence-corrected chi connectivity index (χ1v) is 5.21. The van der Waals surface area contributed by atoms with E-state index in [9.17, 15) is 4.21 Å². The van der Waals surface area contributed by atoms with Gasteiger partial charge in [-0.15, -0.1) is 0 Å². The number of hydrogen-bond donors (Lipinski definition) is 1. The van der Waals surface area contributed by atoms with Crippen LogP contribution in [0.3, 0.4) is 0 Å². The third kappa shape index (κ3) is 1.85. The SMILES string of the molecule is CCS(=O)c1ccc(C)cc1N. The summed E-state index contributed by atoms with van der Waals surface area (Å²) in [5.74, 6) is 0.618. The van der Waals surface area contributed by atoms with E-state index < -0.39 is 10.8 Å². The fourth-order valence-electron chi connectivity index (χ4n) is 1.03. The minimum absolute atomic E-state index is 0.618. The van der Waals surface area contributed by atoms with E-state index in [0.29, 0.717) is 11.4 Å². The van der Waals surface area contributed by atoms with E-state index in [0.717, 1.165) is 10.5 Å². The fraction of sp³-hybridized carbons (Fsp3) is 0.333. The first-order chi connectivity index (χ1) is 5.65. The van der Waals surface area contributed by atoms with Gasteiger partial charge >= 0.3 is 0 Å². The van der Waals surface area contributed by atoms with Crippen LogP contribution in [-0.4, -0.2) is 9.96 Å². The van der Waals surface area contributed by atoms with E-state index >= 15 is 0 Å². The van der Waals surface area contributed by atoms with Gasteiger partial charge in [-0.1, -0.05) is 13.0 Å². The van der Waals surface area contributed by atoms with Gasteiger partial charge in [-0.2, -0.15) is 0 Å². The maximum atomic E-state index is 11.4. The van der Waals surface area contributed by atoms with Crippen molar-refractivity contribution in [2.45, 2.75) is 18.7 Å². The maximum absolute atomic E-state index is 11.4. The summed E-state index contributed by atoms with van der Waals surface area (Å²) in [7, 11) is -0.935. The molecule has 12 heavy (non-hydrogen) atoms. The highest BCUT2D eigenvalue weighted by molar-refractivity contribution is 7.85. The molecule has 0 amide bonds. The molecule has 2 nitrogen and oxygen atoms in total. The van der Waals surface area contributed by atoms with Crippen LogP contribution in [0.1, 0.15) is 12.5 Å². The van der Waals surface area contributed by atoms with Crippen LogP contribution in [0.15, 0.2) is 23.1 Å². The molecule has 0 bridgehead atoms. The number of hydrogen-bond acceptors (Lipinski definition) is 2. The average molecular weight is 183 g/mol. The van der Waals surface area contributed by atoms with E-state index in [1.165, 1.54) is 0 Å². The third-order valence-corrected chi connectivity index (χ3v) is 3.06. The van der Waals surface area contributed by atoms with Crippen LogP contribution in [0.25, 0.3) is 0 Å². The molecule has 66 valence electrons. The Morgan fingerprint density at radius 2 is 2.17 bits per heavy atom. The van der Waals surface area contributed by atoms with Gasteiger partial charge in [-0.3, -0.25) is 4.21 Å². The summed E-state index contributed by atoms with van der Waals surface area (Å²) >= 11 is 0. The lowest BCUT2D eigenvalue weighted by Gasteiger charge is -2.03.